The predicted octanol–water partition coefficient (Wildman–Crippen LogP) is 3.65. The van der Waals surface area contributed by atoms with Gasteiger partial charge in [-0.15, -0.1) is 5.10 Å². The summed E-state index contributed by atoms with van der Waals surface area (Å²) in [5.41, 5.74) is 2.81. The standard InChI is InChI=1S/C20H17FN4O3S/c1-13-11-16(7-8-17(13)21)29(26,27)24-15-5-3-14(4-6-15)18-12-25-19(22-18)9-10-20(23-25)28-2/h3-12,24H,1-2H3. The van der Waals surface area contributed by atoms with E-state index in [1.165, 1.54) is 19.1 Å². The van der Waals surface area contributed by atoms with Gasteiger partial charge in [0.05, 0.1) is 23.9 Å². The maximum absolute atomic E-state index is 13.4. The van der Waals surface area contributed by atoms with Crippen LogP contribution in [0.2, 0.25) is 0 Å². The molecule has 7 nitrogen and oxygen atoms in total. The van der Waals surface area contributed by atoms with Crippen LogP contribution in [0.1, 0.15) is 5.56 Å². The Morgan fingerprint density at radius 3 is 2.52 bits per heavy atom. The number of hydrogen-bond acceptors (Lipinski definition) is 5. The maximum Gasteiger partial charge on any atom is 0.261 e. The van der Waals surface area contributed by atoms with Crippen LogP contribution in [0, 0.1) is 12.7 Å². The average Bonchev–Trinajstić information content (AvgIpc) is 3.13. The van der Waals surface area contributed by atoms with E-state index in [4.69, 9.17) is 4.74 Å². The van der Waals surface area contributed by atoms with E-state index in [1.807, 2.05) is 0 Å². The summed E-state index contributed by atoms with van der Waals surface area (Å²) in [6, 6.07) is 14.0. The van der Waals surface area contributed by atoms with E-state index in [-0.39, 0.29) is 10.5 Å². The van der Waals surface area contributed by atoms with Gasteiger partial charge in [-0.25, -0.2) is 22.3 Å². The molecule has 2 heterocycles. The summed E-state index contributed by atoms with van der Waals surface area (Å²) in [4.78, 5) is 4.50. The van der Waals surface area contributed by atoms with Crippen LogP contribution in [0.15, 0.2) is 65.7 Å². The molecule has 0 fully saturated rings. The van der Waals surface area contributed by atoms with E-state index >= 15 is 0 Å². The number of sulfonamides is 1. The molecule has 0 saturated heterocycles. The summed E-state index contributed by atoms with van der Waals surface area (Å²) in [6.07, 6.45) is 1.76. The Labute approximate surface area is 166 Å². The van der Waals surface area contributed by atoms with Gasteiger partial charge in [0.1, 0.15) is 5.82 Å². The van der Waals surface area contributed by atoms with Crippen molar-refractivity contribution in [1.29, 1.82) is 0 Å². The molecule has 29 heavy (non-hydrogen) atoms. The van der Waals surface area contributed by atoms with Crippen LogP contribution in [0.5, 0.6) is 5.88 Å². The molecule has 0 aliphatic rings. The number of benzene rings is 2. The maximum atomic E-state index is 13.4. The van der Waals surface area contributed by atoms with Crippen LogP contribution < -0.4 is 9.46 Å². The van der Waals surface area contributed by atoms with E-state index in [0.717, 1.165) is 11.6 Å². The van der Waals surface area contributed by atoms with Gasteiger partial charge in [-0.1, -0.05) is 12.1 Å². The van der Waals surface area contributed by atoms with Gasteiger partial charge in [-0.3, -0.25) is 4.72 Å². The monoisotopic (exact) mass is 412 g/mol. The molecule has 0 saturated carbocycles. The number of nitrogens with one attached hydrogen (secondary N) is 1. The molecule has 0 radical (unpaired) electrons. The smallest absolute Gasteiger partial charge is 0.261 e. The number of methoxy groups -OCH3 is 1. The molecule has 4 rings (SSSR count). The number of anilines is 1. The Morgan fingerprint density at radius 1 is 1.07 bits per heavy atom. The van der Waals surface area contributed by atoms with E-state index in [1.54, 1.807) is 54.2 Å². The molecule has 148 valence electrons. The van der Waals surface area contributed by atoms with Gasteiger partial charge in [0.25, 0.3) is 10.0 Å². The lowest BCUT2D eigenvalue weighted by molar-refractivity contribution is 0.390. The zero-order valence-corrected chi connectivity index (χ0v) is 16.4. The first-order valence-corrected chi connectivity index (χ1v) is 10.1. The second kappa shape index (κ2) is 7.17. The first-order chi connectivity index (χ1) is 13.9. The lowest BCUT2D eigenvalue weighted by atomic mass is 10.1. The quantitative estimate of drug-likeness (QED) is 0.541. The number of nitrogens with zero attached hydrogens (tertiary/aromatic N) is 3. The van der Waals surface area contributed by atoms with Crippen molar-refractivity contribution in [3.8, 4) is 17.1 Å². The highest BCUT2D eigenvalue weighted by Gasteiger charge is 2.16. The van der Waals surface area contributed by atoms with E-state index < -0.39 is 15.8 Å². The van der Waals surface area contributed by atoms with E-state index in [0.29, 0.717) is 22.9 Å². The molecular formula is C20H17FN4O3S. The van der Waals surface area contributed by atoms with Crippen LogP contribution in [0.25, 0.3) is 16.9 Å². The molecule has 2 aromatic carbocycles. The molecule has 1 N–H and O–H groups in total. The molecule has 0 spiro atoms. The lowest BCUT2D eigenvalue weighted by Crippen LogP contribution is -2.13. The second-order valence-electron chi connectivity index (χ2n) is 6.40. The van der Waals surface area contributed by atoms with Crippen molar-refractivity contribution < 1.29 is 17.5 Å². The summed E-state index contributed by atoms with van der Waals surface area (Å²) in [5.74, 6) is 0.0232. The number of ether oxygens (including phenoxy) is 1. The number of fused-ring (bicyclic) bond motifs is 1. The molecule has 2 aromatic heterocycles. The number of aryl methyl sites for hydroxylation is 1. The third kappa shape index (κ3) is 3.77. The highest BCUT2D eigenvalue weighted by molar-refractivity contribution is 7.92. The van der Waals surface area contributed by atoms with Gasteiger partial charge >= 0.3 is 0 Å². The average molecular weight is 412 g/mol. The number of imidazole rings is 1. The first-order valence-electron chi connectivity index (χ1n) is 8.65. The van der Waals surface area contributed by atoms with Crippen LogP contribution in [0.3, 0.4) is 0 Å². The van der Waals surface area contributed by atoms with Crippen molar-refractivity contribution >= 4 is 21.4 Å². The minimum absolute atomic E-state index is 0.000786. The van der Waals surface area contributed by atoms with Gasteiger partial charge in [0.15, 0.2) is 5.65 Å². The molecule has 0 amide bonds. The van der Waals surface area contributed by atoms with Crippen LogP contribution in [-0.2, 0) is 10.0 Å². The largest absolute Gasteiger partial charge is 0.480 e. The summed E-state index contributed by atoms with van der Waals surface area (Å²) >= 11 is 0. The zero-order chi connectivity index (χ0) is 20.6. The van der Waals surface area contributed by atoms with Crippen molar-refractivity contribution in [3.05, 3.63) is 72.2 Å². The summed E-state index contributed by atoms with van der Waals surface area (Å²) in [5, 5.41) is 4.27. The van der Waals surface area contributed by atoms with Crippen molar-refractivity contribution in [2.45, 2.75) is 11.8 Å². The fraction of sp³-hybridized carbons (Fsp3) is 0.100. The van der Waals surface area contributed by atoms with Crippen LogP contribution in [0.4, 0.5) is 10.1 Å². The minimum atomic E-state index is -3.82. The molecule has 0 aliphatic carbocycles. The first kappa shape index (κ1) is 18.9. The van der Waals surface area contributed by atoms with Crippen molar-refractivity contribution in [2.24, 2.45) is 0 Å². The number of aromatic nitrogens is 3. The van der Waals surface area contributed by atoms with Gasteiger partial charge in [-0.2, -0.15) is 0 Å². The van der Waals surface area contributed by atoms with Crippen LogP contribution in [-0.4, -0.2) is 30.1 Å². The topological polar surface area (TPSA) is 85.6 Å². The lowest BCUT2D eigenvalue weighted by Gasteiger charge is -2.09. The Morgan fingerprint density at radius 2 is 1.83 bits per heavy atom. The van der Waals surface area contributed by atoms with Crippen molar-refractivity contribution in [1.82, 2.24) is 14.6 Å². The van der Waals surface area contributed by atoms with Crippen molar-refractivity contribution in [2.75, 3.05) is 11.8 Å². The van der Waals surface area contributed by atoms with E-state index in [2.05, 4.69) is 14.8 Å². The van der Waals surface area contributed by atoms with E-state index in [9.17, 15) is 12.8 Å². The molecule has 4 aromatic rings. The van der Waals surface area contributed by atoms with Crippen LogP contribution >= 0.6 is 0 Å². The predicted molar refractivity (Wildman–Crippen MR) is 107 cm³/mol. The fourth-order valence-corrected chi connectivity index (χ4v) is 3.96. The third-order valence-corrected chi connectivity index (χ3v) is 5.76. The minimum Gasteiger partial charge on any atom is -0.480 e. The van der Waals surface area contributed by atoms with Gasteiger partial charge in [0.2, 0.25) is 5.88 Å². The molecular weight excluding hydrogens is 395 g/mol. The molecule has 0 bridgehead atoms. The molecule has 0 atom stereocenters. The summed E-state index contributed by atoms with van der Waals surface area (Å²) in [6.45, 7) is 1.52. The zero-order valence-electron chi connectivity index (χ0n) is 15.6. The van der Waals surface area contributed by atoms with Crippen molar-refractivity contribution in [3.63, 3.8) is 0 Å². The second-order valence-corrected chi connectivity index (χ2v) is 8.08. The van der Waals surface area contributed by atoms with Gasteiger partial charge < -0.3 is 4.74 Å². The molecule has 0 unspecified atom stereocenters. The highest BCUT2D eigenvalue weighted by Crippen LogP contribution is 2.24. The SMILES string of the molecule is COc1ccc2nc(-c3ccc(NS(=O)(=O)c4ccc(F)c(C)c4)cc3)cn2n1. The van der Waals surface area contributed by atoms with Gasteiger partial charge in [-0.05, 0) is 48.9 Å². The Kier molecular flexibility index (Phi) is 4.67. The molecule has 9 heteroatoms. The Bertz CT molecular complexity index is 1300. The molecule has 0 aliphatic heterocycles. The Hall–Kier alpha value is -3.46. The number of hydrogen-bond donors (Lipinski definition) is 1. The summed E-state index contributed by atoms with van der Waals surface area (Å²) in [7, 11) is -2.28. The summed E-state index contributed by atoms with van der Waals surface area (Å²) < 4.78 is 47.7. The third-order valence-electron chi connectivity index (χ3n) is 4.38. The number of rotatable bonds is 5. The fourth-order valence-electron chi connectivity index (χ4n) is 2.82. The van der Waals surface area contributed by atoms with Gasteiger partial charge in [0, 0.05) is 17.3 Å². The number of halogens is 1. The normalized spacial score (nSPS) is 11.6. The Balaban J connectivity index is 1.58. The highest BCUT2D eigenvalue weighted by atomic mass is 32.2.